The number of hydrogen-bond acceptors (Lipinski definition) is 9. The van der Waals surface area contributed by atoms with Gasteiger partial charge >= 0.3 is 17.4 Å². The molecule has 122 valence electrons. The Hall–Kier alpha value is 1.27. The minimum absolute atomic E-state index is 0. The Morgan fingerprint density at radius 1 is 0.700 bits per heavy atom. The fourth-order valence-corrected chi connectivity index (χ4v) is 1.06. The Morgan fingerprint density at radius 3 is 0.850 bits per heavy atom. The van der Waals surface area contributed by atoms with Crippen LogP contribution in [0.3, 0.4) is 0 Å². The Labute approximate surface area is 137 Å². The van der Waals surface area contributed by atoms with E-state index in [1.54, 1.807) is 20.8 Å². The summed E-state index contributed by atoms with van der Waals surface area (Å²) in [5.74, 6) is 0. The molecule has 9 nitrogen and oxygen atoms in total. The maximum Gasteiger partial charge on any atom is 3.00 e. The van der Waals surface area contributed by atoms with E-state index >= 15 is 0 Å². The summed E-state index contributed by atoms with van der Waals surface area (Å²) in [6.45, 7) is 5.63. The van der Waals surface area contributed by atoms with Crippen molar-refractivity contribution in [1.29, 1.82) is 0 Å². The second kappa shape index (κ2) is 28.4. The average Bonchev–Trinajstić information content (AvgIpc) is 2.18. The molecule has 3 atom stereocenters. The van der Waals surface area contributed by atoms with E-state index in [0.29, 0.717) is 0 Å². The van der Waals surface area contributed by atoms with Crippen LogP contribution in [0.15, 0.2) is 0 Å². The van der Waals surface area contributed by atoms with Crippen LogP contribution >= 0.6 is 37.2 Å². The first-order valence-corrected chi connectivity index (χ1v) is 8.50. The summed E-state index contributed by atoms with van der Waals surface area (Å²) in [4.78, 5) is 28.4. The summed E-state index contributed by atoms with van der Waals surface area (Å²) in [5, 5.41) is 0. The van der Waals surface area contributed by atoms with Crippen molar-refractivity contribution in [2.75, 3.05) is 19.8 Å². The van der Waals surface area contributed by atoms with Crippen LogP contribution in [-0.4, -0.2) is 37.2 Å². The molecule has 0 saturated heterocycles. The second-order valence-corrected chi connectivity index (χ2v) is 4.42. The molecule has 14 heteroatoms. The van der Waals surface area contributed by atoms with Gasteiger partial charge in [0.25, 0.3) is 0 Å². The number of hydrogen-bond donors (Lipinski definition) is 0. The second-order valence-electron chi connectivity index (χ2n) is 2.05. The number of halogens is 1. The molecule has 0 rings (SSSR count). The van der Waals surface area contributed by atoms with Crippen LogP contribution in [0.2, 0.25) is 0 Å². The average molecular weight is 391 g/mol. The first kappa shape index (κ1) is 33.0. The first-order valence-electron chi connectivity index (χ1n) is 4.82. The molecule has 0 aliphatic rings. The van der Waals surface area contributed by atoms with E-state index in [0.717, 1.165) is 0 Å². The van der Waals surface area contributed by atoms with Crippen LogP contribution in [0.4, 0.5) is 0 Å². The Bertz CT molecular complexity index is 208. The Morgan fingerprint density at radius 2 is 0.850 bits per heavy atom. The van der Waals surface area contributed by atoms with Crippen LogP contribution in [0, 0.1) is 0 Å². The van der Waals surface area contributed by atoms with Gasteiger partial charge in [-0.1, -0.05) is 0 Å². The predicted molar refractivity (Wildman–Crippen MR) is 74.9 cm³/mol. The Balaban J connectivity index is -0.0000000536. The van der Waals surface area contributed by atoms with Gasteiger partial charge in [-0.15, -0.1) is 12.4 Å². The van der Waals surface area contributed by atoms with Gasteiger partial charge in [0.15, 0.2) is 0 Å². The third-order valence-corrected chi connectivity index (χ3v) is 2.36. The normalized spacial score (nSPS) is 12.9. The molecule has 0 radical (unpaired) electrons. The largest absolute Gasteiger partial charge is 3.00 e. The van der Waals surface area contributed by atoms with Crippen molar-refractivity contribution < 1.29 is 41.9 Å². The smallest absolute Gasteiger partial charge is 0.781 e. The fraction of sp³-hybridized carbons (Fsp3) is 1.00. The minimum atomic E-state index is -2.89. The molecule has 0 N–H and O–H groups in total. The molecule has 0 aromatic carbocycles. The van der Waals surface area contributed by atoms with Crippen LogP contribution in [0.1, 0.15) is 20.8 Å². The van der Waals surface area contributed by atoms with Crippen LogP contribution in [0.25, 0.3) is 0 Å². The van der Waals surface area contributed by atoms with E-state index in [4.69, 9.17) is 0 Å². The van der Waals surface area contributed by atoms with Crippen molar-refractivity contribution >= 4 is 54.5 Å². The third kappa shape index (κ3) is 61.0. The van der Waals surface area contributed by atoms with Gasteiger partial charge in [0, 0.05) is 19.8 Å². The topological polar surface area (TPSA) is 148 Å². The van der Waals surface area contributed by atoms with Crippen LogP contribution in [0.5, 0.6) is 0 Å². The van der Waals surface area contributed by atoms with Gasteiger partial charge in [0.05, 0.1) is 0 Å². The molecule has 0 amide bonds. The standard InChI is InChI=1S/3C2H7O3P.Al.ClH/c3*1-2-5-6(3)4;;/h3*6H,2H2,1H3,(H,3,4);;1H/q;;;+3;/p-3. The van der Waals surface area contributed by atoms with Crippen molar-refractivity contribution in [2.45, 2.75) is 20.8 Å². The molecule has 0 heterocycles. The molecule has 20 heavy (non-hydrogen) atoms. The maximum atomic E-state index is 9.45. The zero-order valence-electron chi connectivity index (χ0n) is 11.3. The number of rotatable bonds is 6. The van der Waals surface area contributed by atoms with Gasteiger partial charge in [0.2, 0.25) is 0 Å². The summed E-state index contributed by atoms with van der Waals surface area (Å²) in [6, 6.07) is 0. The first-order chi connectivity index (χ1) is 8.31. The quantitative estimate of drug-likeness (QED) is 0.426. The molecule has 0 aliphatic carbocycles. The van der Waals surface area contributed by atoms with E-state index in [1.165, 1.54) is 0 Å². The van der Waals surface area contributed by atoms with Crippen molar-refractivity contribution in [3.63, 3.8) is 0 Å². The van der Waals surface area contributed by atoms with E-state index < -0.39 is 24.8 Å². The van der Waals surface area contributed by atoms with Crippen molar-refractivity contribution in [2.24, 2.45) is 0 Å². The third-order valence-electron chi connectivity index (χ3n) is 0.787. The maximum absolute atomic E-state index is 9.45. The predicted octanol–water partition coefficient (Wildman–Crippen LogP) is -0.640. The monoisotopic (exact) mass is 390 g/mol. The molecule has 0 aromatic rings. The summed E-state index contributed by atoms with van der Waals surface area (Å²) >= 11 is 0. The van der Waals surface area contributed by atoms with Crippen molar-refractivity contribution in [3.8, 4) is 0 Å². The Kier molecular flexibility index (Phi) is 46.9. The van der Waals surface area contributed by atoms with Gasteiger partial charge in [-0.3, -0.25) is 0 Å². The van der Waals surface area contributed by atoms with Crippen LogP contribution in [-0.2, 0) is 27.3 Å². The molecule has 0 aliphatic heterocycles. The molecule has 0 saturated carbocycles. The van der Waals surface area contributed by atoms with Crippen LogP contribution < -0.4 is 14.7 Å². The molecule has 0 spiro atoms. The fourth-order valence-electron chi connectivity index (χ4n) is 0.354. The SMILES string of the molecule is CCO[PH](=O)[O-].CCO[PH](=O)[O-].CCO[PH](=O)[O-].Cl.[Al+3]. The molecule has 0 aromatic heterocycles. The summed E-state index contributed by atoms with van der Waals surface area (Å²) in [6.07, 6.45) is 0. The molecule has 0 bridgehead atoms. The molecule has 0 fully saturated rings. The zero-order chi connectivity index (χ0) is 15.0. The van der Waals surface area contributed by atoms with Crippen molar-refractivity contribution in [1.82, 2.24) is 0 Å². The van der Waals surface area contributed by atoms with E-state index in [2.05, 4.69) is 13.6 Å². The van der Waals surface area contributed by atoms with Gasteiger partial charge in [-0.25, -0.2) is 0 Å². The van der Waals surface area contributed by atoms with Gasteiger partial charge in [-0.2, -0.15) is 0 Å². The molecular formula is C6H19AlClO9P3. The summed E-state index contributed by atoms with van der Waals surface area (Å²) < 4.78 is 40.5. The summed E-state index contributed by atoms with van der Waals surface area (Å²) in [5.41, 5.74) is 0. The van der Waals surface area contributed by atoms with Gasteiger partial charge < -0.3 is 41.9 Å². The van der Waals surface area contributed by atoms with Gasteiger partial charge in [-0.05, 0) is 20.8 Å². The molecular weight excluding hydrogens is 371 g/mol. The summed E-state index contributed by atoms with van der Waals surface area (Å²) in [7, 11) is -8.66. The van der Waals surface area contributed by atoms with E-state index in [9.17, 15) is 28.4 Å². The van der Waals surface area contributed by atoms with Gasteiger partial charge in [0.1, 0.15) is 24.8 Å². The zero-order valence-corrected chi connectivity index (χ0v) is 16.3. The van der Waals surface area contributed by atoms with E-state index in [-0.39, 0.29) is 49.6 Å². The van der Waals surface area contributed by atoms with E-state index in [1.807, 2.05) is 0 Å². The molecule has 3 unspecified atom stereocenters. The van der Waals surface area contributed by atoms with Crippen molar-refractivity contribution in [3.05, 3.63) is 0 Å². The minimum Gasteiger partial charge on any atom is -0.781 e.